The second-order valence-corrected chi connectivity index (χ2v) is 5.68. The molecule has 0 fully saturated rings. The fourth-order valence-corrected chi connectivity index (χ4v) is 2.51. The quantitative estimate of drug-likeness (QED) is 0.797. The van der Waals surface area contributed by atoms with E-state index in [1.165, 1.54) is 16.7 Å². The van der Waals surface area contributed by atoms with Crippen LogP contribution in [0.1, 0.15) is 36.1 Å². The zero-order chi connectivity index (χ0) is 15.2. The minimum atomic E-state index is 0.230. The Bertz CT molecular complexity index is 608. The van der Waals surface area contributed by atoms with E-state index in [0.29, 0.717) is 5.11 Å². The number of anilines is 1. The van der Waals surface area contributed by atoms with E-state index >= 15 is 0 Å². The molecule has 2 nitrogen and oxygen atoms in total. The standard InChI is InChI=1S/C18H22N2S/c1-4-17(15-11-10-13(2)14(3)12-15)20-18(21)19-16-8-6-5-7-9-16/h5-12,17H,4H2,1-3H3,(H2,19,20,21). The molecule has 0 aliphatic rings. The molecule has 0 amide bonds. The van der Waals surface area contributed by atoms with Gasteiger partial charge >= 0.3 is 0 Å². The van der Waals surface area contributed by atoms with Crippen molar-refractivity contribution in [1.82, 2.24) is 5.32 Å². The van der Waals surface area contributed by atoms with Crippen LogP contribution in [0.15, 0.2) is 48.5 Å². The molecule has 0 heterocycles. The highest BCUT2D eigenvalue weighted by Gasteiger charge is 2.11. The smallest absolute Gasteiger partial charge is 0.171 e. The Labute approximate surface area is 132 Å². The second kappa shape index (κ2) is 7.23. The van der Waals surface area contributed by atoms with Crippen molar-refractivity contribution in [2.75, 3.05) is 5.32 Å². The van der Waals surface area contributed by atoms with Crippen LogP contribution in [-0.2, 0) is 0 Å². The minimum absolute atomic E-state index is 0.230. The van der Waals surface area contributed by atoms with Crippen molar-refractivity contribution < 1.29 is 0 Å². The first-order valence-electron chi connectivity index (χ1n) is 7.30. The molecule has 0 saturated heterocycles. The third-order valence-corrected chi connectivity index (χ3v) is 3.90. The van der Waals surface area contributed by atoms with Crippen LogP contribution in [0.25, 0.3) is 0 Å². The van der Waals surface area contributed by atoms with Gasteiger partial charge < -0.3 is 10.6 Å². The maximum absolute atomic E-state index is 5.41. The van der Waals surface area contributed by atoms with Gasteiger partial charge in [0.05, 0.1) is 6.04 Å². The number of para-hydroxylation sites is 1. The molecule has 2 aromatic rings. The Morgan fingerprint density at radius 2 is 1.76 bits per heavy atom. The molecule has 110 valence electrons. The molecule has 0 aromatic heterocycles. The molecule has 3 heteroatoms. The third kappa shape index (κ3) is 4.30. The van der Waals surface area contributed by atoms with Crippen molar-refractivity contribution >= 4 is 23.0 Å². The highest BCUT2D eigenvalue weighted by Crippen LogP contribution is 2.20. The van der Waals surface area contributed by atoms with E-state index in [-0.39, 0.29) is 6.04 Å². The van der Waals surface area contributed by atoms with Crippen LogP contribution in [0.4, 0.5) is 5.69 Å². The zero-order valence-corrected chi connectivity index (χ0v) is 13.6. The number of hydrogen-bond acceptors (Lipinski definition) is 1. The average Bonchev–Trinajstić information content (AvgIpc) is 2.49. The summed E-state index contributed by atoms with van der Waals surface area (Å²) in [6.07, 6.45) is 0.985. The van der Waals surface area contributed by atoms with Crippen molar-refractivity contribution in [3.63, 3.8) is 0 Å². The molecule has 0 radical (unpaired) electrons. The molecule has 0 aliphatic carbocycles. The van der Waals surface area contributed by atoms with Crippen LogP contribution in [0.2, 0.25) is 0 Å². The molecule has 21 heavy (non-hydrogen) atoms. The van der Waals surface area contributed by atoms with E-state index in [0.717, 1.165) is 12.1 Å². The highest BCUT2D eigenvalue weighted by atomic mass is 32.1. The van der Waals surface area contributed by atoms with Crippen molar-refractivity contribution in [3.05, 3.63) is 65.2 Å². The topological polar surface area (TPSA) is 24.1 Å². The molecule has 1 atom stereocenters. The molecule has 2 aromatic carbocycles. The summed E-state index contributed by atoms with van der Waals surface area (Å²) in [6.45, 7) is 6.44. The molecule has 0 saturated carbocycles. The van der Waals surface area contributed by atoms with Gasteiger partial charge in [-0.2, -0.15) is 0 Å². The summed E-state index contributed by atoms with van der Waals surface area (Å²) >= 11 is 5.41. The van der Waals surface area contributed by atoms with E-state index in [4.69, 9.17) is 12.2 Å². The lowest BCUT2D eigenvalue weighted by molar-refractivity contribution is 0.628. The summed E-state index contributed by atoms with van der Waals surface area (Å²) in [5, 5.41) is 7.28. The van der Waals surface area contributed by atoms with Gasteiger partial charge in [-0.25, -0.2) is 0 Å². The summed E-state index contributed by atoms with van der Waals surface area (Å²) in [4.78, 5) is 0. The lowest BCUT2D eigenvalue weighted by Crippen LogP contribution is -2.32. The van der Waals surface area contributed by atoms with Gasteiger partial charge in [-0.1, -0.05) is 43.3 Å². The van der Waals surface area contributed by atoms with Gasteiger partial charge in [0.2, 0.25) is 0 Å². The first-order chi connectivity index (χ1) is 10.1. The Kier molecular flexibility index (Phi) is 5.34. The molecule has 2 rings (SSSR count). The number of benzene rings is 2. The van der Waals surface area contributed by atoms with Gasteiger partial charge in [-0.05, 0) is 61.3 Å². The zero-order valence-electron chi connectivity index (χ0n) is 12.8. The molecular formula is C18H22N2S. The molecule has 1 unspecified atom stereocenters. The Balaban J connectivity index is 2.04. The van der Waals surface area contributed by atoms with Crippen molar-refractivity contribution in [2.45, 2.75) is 33.2 Å². The Hall–Kier alpha value is -1.87. The molecule has 0 aliphatic heterocycles. The lowest BCUT2D eigenvalue weighted by atomic mass is 9.99. The SMILES string of the molecule is CCC(NC(=S)Nc1ccccc1)c1ccc(C)c(C)c1. The summed E-state index contributed by atoms with van der Waals surface area (Å²) in [7, 11) is 0. The summed E-state index contributed by atoms with van der Waals surface area (Å²) in [5.41, 5.74) is 4.91. The van der Waals surface area contributed by atoms with Crippen LogP contribution in [-0.4, -0.2) is 5.11 Å². The third-order valence-electron chi connectivity index (χ3n) is 3.68. The van der Waals surface area contributed by atoms with Gasteiger partial charge in [0.1, 0.15) is 0 Å². The first kappa shape index (κ1) is 15.5. The van der Waals surface area contributed by atoms with Crippen LogP contribution in [0, 0.1) is 13.8 Å². The molecule has 0 spiro atoms. The van der Waals surface area contributed by atoms with Crippen LogP contribution >= 0.6 is 12.2 Å². The fraction of sp³-hybridized carbons (Fsp3) is 0.278. The predicted molar refractivity (Wildman–Crippen MR) is 94.7 cm³/mol. The maximum Gasteiger partial charge on any atom is 0.171 e. The number of aryl methyl sites for hydroxylation is 2. The Morgan fingerprint density at radius 1 is 1.05 bits per heavy atom. The van der Waals surface area contributed by atoms with Crippen molar-refractivity contribution in [3.8, 4) is 0 Å². The maximum atomic E-state index is 5.41. The van der Waals surface area contributed by atoms with E-state index in [1.54, 1.807) is 0 Å². The van der Waals surface area contributed by atoms with Gasteiger partial charge in [-0.3, -0.25) is 0 Å². The minimum Gasteiger partial charge on any atom is -0.356 e. The van der Waals surface area contributed by atoms with Gasteiger partial charge in [0.25, 0.3) is 0 Å². The number of rotatable bonds is 4. The molecular weight excluding hydrogens is 276 g/mol. The van der Waals surface area contributed by atoms with E-state index in [1.807, 2.05) is 30.3 Å². The van der Waals surface area contributed by atoms with E-state index in [9.17, 15) is 0 Å². The summed E-state index contributed by atoms with van der Waals surface area (Å²) in [5.74, 6) is 0. The van der Waals surface area contributed by atoms with Crippen molar-refractivity contribution in [2.24, 2.45) is 0 Å². The molecule has 0 bridgehead atoms. The van der Waals surface area contributed by atoms with E-state index < -0.39 is 0 Å². The number of hydrogen-bond donors (Lipinski definition) is 2. The summed E-state index contributed by atoms with van der Waals surface area (Å²) in [6, 6.07) is 16.8. The lowest BCUT2D eigenvalue weighted by Gasteiger charge is -2.21. The highest BCUT2D eigenvalue weighted by molar-refractivity contribution is 7.80. The normalized spacial score (nSPS) is 11.8. The van der Waals surface area contributed by atoms with Crippen molar-refractivity contribution in [1.29, 1.82) is 0 Å². The predicted octanol–water partition coefficient (Wildman–Crippen LogP) is 4.74. The first-order valence-corrected chi connectivity index (χ1v) is 7.70. The molecule has 2 N–H and O–H groups in total. The largest absolute Gasteiger partial charge is 0.356 e. The van der Waals surface area contributed by atoms with Gasteiger partial charge in [0, 0.05) is 5.69 Å². The van der Waals surface area contributed by atoms with Gasteiger partial charge in [0.15, 0.2) is 5.11 Å². The Morgan fingerprint density at radius 3 is 2.38 bits per heavy atom. The average molecular weight is 298 g/mol. The number of thiocarbonyl (C=S) groups is 1. The summed E-state index contributed by atoms with van der Waals surface area (Å²) < 4.78 is 0. The van der Waals surface area contributed by atoms with E-state index in [2.05, 4.69) is 49.6 Å². The monoisotopic (exact) mass is 298 g/mol. The second-order valence-electron chi connectivity index (χ2n) is 5.27. The van der Waals surface area contributed by atoms with Gasteiger partial charge in [-0.15, -0.1) is 0 Å². The number of nitrogens with one attached hydrogen (secondary N) is 2. The van der Waals surface area contributed by atoms with Crippen LogP contribution in [0.5, 0.6) is 0 Å². The fourth-order valence-electron chi connectivity index (χ4n) is 2.25. The van der Waals surface area contributed by atoms with Crippen LogP contribution < -0.4 is 10.6 Å². The van der Waals surface area contributed by atoms with Crippen LogP contribution in [0.3, 0.4) is 0 Å².